The van der Waals surface area contributed by atoms with E-state index in [0.29, 0.717) is 23.3 Å². The Labute approximate surface area is 187 Å². The molecular weight excluding hydrogens is 435 g/mol. The lowest BCUT2D eigenvalue weighted by atomic mass is 10.3. The second kappa shape index (κ2) is 9.76. The van der Waals surface area contributed by atoms with Crippen LogP contribution in [0.2, 0.25) is 0 Å². The van der Waals surface area contributed by atoms with Crippen LogP contribution in [0.5, 0.6) is 5.75 Å². The van der Waals surface area contributed by atoms with Crippen LogP contribution in [0.15, 0.2) is 71.2 Å². The number of ether oxygens (including phenoxy) is 1. The quantitative estimate of drug-likeness (QED) is 0.368. The predicted octanol–water partition coefficient (Wildman–Crippen LogP) is 5.26. The maximum atomic E-state index is 13.3. The smallest absolute Gasteiger partial charge is 0.234 e. The van der Waals surface area contributed by atoms with E-state index in [0.717, 1.165) is 16.3 Å². The SMILES string of the molecule is CCOc1ccc(-n2c(SCC(=O)Nc3cccc(F)c3)nnc2-c2cccs2)cc1. The third-order valence-corrected chi connectivity index (χ3v) is 6.02. The van der Waals surface area contributed by atoms with Gasteiger partial charge in [0, 0.05) is 5.69 Å². The van der Waals surface area contributed by atoms with Crippen LogP contribution in [0.4, 0.5) is 10.1 Å². The minimum absolute atomic E-state index is 0.107. The van der Waals surface area contributed by atoms with E-state index in [2.05, 4.69) is 15.5 Å². The van der Waals surface area contributed by atoms with Crippen molar-refractivity contribution in [1.82, 2.24) is 14.8 Å². The number of aromatic nitrogens is 3. The van der Waals surface area contributed by atoms with Crippen LogP contribution < -0.4 is 10.1 Å². The van der Waals surface area contributed by atoms with Crippen LogP contribution in [-0.2, 0) is 4.79 Å². The second-order valence-electron chi connectivity index (χ2n) is 6.39. The van der Waals surface area contributed by atoms with Gasteiger partial charge in [0.25, 0.3) is 0 Å². The molecule has 0 saturated heterocycles. The summed E-state index contributed by atoms with van der Waals surface area (Å²) < 4.78 is 20.8. The molecule has 31 heavy (non-hydrogen) atoms. The third kappa shape index (κ3) is 5.12. The predicted molar refractivity (Wildman–Crippen MR) is 122 cm³/mol. The van der Waals surface area contributed by atoms with Crippen LogP contribution in [0, 0.1) is 5.82 Å². The molecule has 9 heteroatoms. The first-order chi connectivity index (χ1) is 15.1. The first kappa shape index (κ1) is 21.1. The Bertz CT molecular complexity index is 1160. The number of amides is 1. The molecule has 2 aromatic heterocycles. The summed E-state index contributed by atoms with van der Waals surface area (Å²) in [4.78, 5) is 13.3. The Morgan fingerprint density at radius 2 is 2.00 bits per heavy atom. The van der Waals surface area contributed by atoms with E-state index in [9.17, 15) is 9.18 Å². The Kier molecular flexibility index (Phi) is 6.63. The van der Waals surface area contributed by atoms with Crippen molar-refractivity contribution in [3.05, 3.63) is 71.9 Å². The summed E-state index contributed by atoms with van der Waals surface area (Å²) in [6.07, 6.45) is 0. The number of carbonyl (C=O) groups is 1. The summed E-state index contributed by atoms with van der Waals surface area (Å²) in [5, 5.41) is 13.9. The largest absolute Gasteiger partial charge is 0.494 e. The first-order valence-electron chi connectivity index (χ1n) is 9.55. The summed E-state index contributed by atoms with van der Waals surface area (Å²) in [5.41, 5.74) is 1.28. The molecule has 2 aromatic carbocycles. The molecule has 0 bridgehead atoms. The maximum Gasteiger partial charge on any atom is 0.234 e. The molecule has 0 saturated carbocycles. The zero-order chi connectivity index (χ0) is 21.6. The Hall–Kier alpha value is -3.17. The molecule has 158 valence electrons. The number of benzene rings is 2. The number of thiophene rings is 1. The summed E-state index contributed by atoms with van der Waals surface area (Å²) in [6.45, 7) is 2.53. The zero-order valence-corrected chi connectivity index (χ0v) is 18.3. The number of rotatable bonds is 8. The van der Waals surface area contributed by atoms with Crippen molar-refractivity contribution < 1.29 is 13.9 Å². The number of nitrogens with one attached hydrogen (secondary N) is 1. The maximum absolute atomic E-state index is 13.3. The fourth-order valence-corrected chi connectivity index (χ4v) is 4.36. The number of halogens is 1. The van der Waals surface area contributed by atoms with Gasteiger partial charge < -0.3 is 10.1 Å². The van der Waals surface area contributed by atoms with Gasteiger partial charge in [0.05, 0.1) is 22.9 Å². The number of nitrogens with zero attached hydrogens (tertiary/aromatic N) is 3. The van der Waals surface area contributed by atoms with E-state index in [-0.39, 0.29) is 11.7 Å². The van der Waals surface area contributed by atoms with Crippen LogP contribution in [0.3, 0.4) is 0 Å². The van der Waals surface area contributed by atoms with Crippen molar-refractivity contribution in [3.63, 3.8) is 0 Å². The molecule has 0 aliphatic rings. The van der Waals surface area contributed by atoms with Crippen molar-refractivity contribution in [2.75, 3.05) is 17.7 Å². The molecule has 0 fully saturated rings. The van der Waals surface area contributed by atoms with E-state index in [1.165, 1.54) is 23.9 Å². The average Bonchev–Trinajstić information content (AvgIpc) is 3.43. The fraction of sp³-hybridized carbons (Fsp3) is 0.136. The lowest BCUT2D eigenvalue weighted by Crippen LogP contribution is -2.14. The monoisotopic (exact) mass is 454 g/mol. The normalized spacial score (nSPS) is 10.8. The van der Waals surface area contributed by atoms with Gasteiger partial charge in [-0.25, -0.2) is 4.39 Å². The molecule has 2 heterocycles. The minimum Gasteiger partial charge on any atom is -0.494 e. The van der Waals surface area contributed by atoms with Gasteiger partial charge in [-0.1, -0.05) is 23.9 Å². The highest BCUT2D eigenvalue weighted by Crippen LogP contribution is 2.31. The summed E-state index contributed by atoms with van der Waals surface area (Å²) in [5.74, 6) is 0.930. The van der Waals surface area contributed by atoms with Crippen molar-refractivity contribution in [2.24, 2.45) is 0 Å². The van der Waals surface area contributed by atoms with Gasteiger partial charge in [0.1, 0.15) is 11.6 Å². The number of thioether (sulfide) groups is 1. The topological polar surface area (TPSA) is 69.0 Å². The lowest BCUT2D eigenvalue weighted by Gasteiger charge is -2.11. The second-order valence-corrected chi connectivity index (χ2v) is 8.28. The van der Waals surface area contributed by atoms with Gasteiger partial charge in [-0.15, -0.1) is 21.5 Å². The summed E-state index contributed by atoms with van der Waals surface area (Å²) in [6, 6.07) is 17.4. The van der Waals surface area contributed by atoms with Crippen molar-refractivity contribution in [3.8, 4) is 22.1 Å². The molecule has 1 N–H and O–H groups in total. The Balaban J connectivity index is 1.56. The van der Waals surface area contributed by atoms with Crippen molar-refractivity contribution in [1.29, 1.82) is 0 Å². The number of carbonyl (C=O) groups excluding carboxylic acids is 1. The standard InChI is InChI=1S/C22H19FN4O2S2/c1-2-29-18-10-8-17(9-11-18)27-21(19-7-4-12-30-19)25-26-22(27)31-14-20(28)24-16-6-3-5-15(23)13-16/h3-13H,2,14H2,1H3,(H,24,28). The van der Waals surface area contributed by atoms with E-state index in [1.807, 2.05) is 53.3 Å². The van der Waals surface area contributed by atoms with Gasteiger partial charge in [-0.3, -0.25) is 9.36 Å². The highest BCUT2D eigenvalue weighted by molar-refractivity contribution is 7.99. The minimum atomic E-state index is -0.402. The van der Waals surface area contributed by atoms with Gasteiger partial charge in [-0.2, -0.15) is 0 Å². The average molecular weight is 455 g/mol. The van der Waals surface area contributed by atoms with Gasteiger partial charge in [0.15, 0.2) is 11.0 Å². The number of anilines is 1. The van der Waals surface area contributed by atoms with Gasteiger partial charge in [0.2, 0.25) is 5.91 Å². The van der Waals surface area contributed by atoms with E-state index in [4.69, 9.17) is 4.74 Å². The van der Waals surface area contributed by atoms with Crippen LogP contribution in [0.25, 0.3) is 16.4 Å². The van der Waals surface area contributed by atoms with Crippen LogP contribution in [-0.4, -0.2) is 33.0 Å². The molecule has 0 radical (unpaired) electrons. The third-order valence-electron chi connectivity index (χ3n) is 4.22. The summed E-state index contributed by atoms with van der Waals surface area (Å²) in [7, 11) is 0. The molecule has 0 atom stereocenters. The number of hydrogen-bond donors (Lipinski definition) is 1. The molecule has 0 spiro atoms. The van der Waals surface area contributed by atoms with Crippen molar-refractivity contribution in [2.45, 2.75) is 12.1 Å². The van der Waals surface area contributed by atoms with Crippen LogP contribution in [0.1, 0.15) is 6.92 Å². The van der Waals surface area contributed by atoms with E-state index >= 15 is 0 Å². The molecular formula is C22H19FN4O2S2. The molecule has 4 aromatic rings. The molecule has 4 rings (SSSR count). The highest BCUT2D eigenvalue weighted by atomic mass is 32.2. The fourth-order valence-electron chi connectivity index (χ4n) is 2.91. The lowest BCUT2D eigenvalue weighted by molar-refractivity contribution is -0.113. The Morgan fingerprint density at radius 3 is 2.71 bits per heavy atom. The number of hydrogen-bond acceptors (Lipinski definition) is 6. The van der Waals surface area contributed by atoms with Gasteiger partial charge in [-0.05, 0) is 60.8 Å². The van der Waals surface area contributed by atoms with E-state index < -0.39 is 5.82 Å². The summed E-state index contributed by atoms with van der Waals surface area (Å²) >= 11 is 2.83. The highest BCUT2D eigenvalue weighted by Gasteiger charge is 2.18. The molecule has 6 nitrogen and oxygen atoms in total. The first-order valence-corrected chi connectivity index (χ1v) is 11.4. The van der Waals surface area contributed by atoms with Gasteiger partial charge >= 0.3 is 0 Å². The molecule has 0 aliphatic heterocycles. The molecule has 0 unspecified atom stereocenters. The van der Waals surface area contributed by atoms with E-state index in [1.54, 1.807) is 23.5 Å². The van der Waals surface area contributed by atoms with Crippen LogP contribution >= 0.6 is 23.1 Å². The Morgan fingerprint density at radius 1 is 1.16 bits per heavy atom. The molecule has 1 amide bonds. The zero-order valence-electron chi connectivity index (χ0n) is 16.6. The van der Waals surface area contributed by atoms with Crippen molar-refractivity contribution >= 4 is 34.7 Å². The molecule has 0 aliphatic carbocycles.